The Balaban J connectivity index is 2.70. The Morgan fingerprint density at radius 1 is 0.442 bits per heavy atom. The van der Waals surface area contributed by atoms with Crippen LogP contribution in [0.4, 0.5) is 0 Å². The van der Waals surface area contributed by atoms with Crippen molar-refractivity contribution in [1.29, 1.82) is 0 Å². The quantitative estimate of drug-likeness (QED) is 0.0228. The van der Waals surface area contributed by atoms with Gasteiger partial charge in [0.15, 0.2) is 24.6 Å². The summed E-state index contributed by atoms with van der Waals surface area (Å²) in [6.07, 6.45) is 56.7. The average Bonchev–Trinajstić information content (AvgIpc) is 3.42. The van der Waals surface area contributed by atoms with E-state index in [1.807, 2.05) is 0 Å². The molecule has 1 heterocycles. The molecule has 0 spiro atoms. The SMILES string of the molecule is CC/C=C\C/C=C\C/C=C\C/C=C\C/C=C\CCCCCC(=O)OCC(COC1OC(C(=O)O)C(O)C(O)C1OC(=O)CCCCCCCCCCC)OC(=O)CCCCCCCC/C=C\C/C=C\C/C=C\CCCCC. The third-order valence-electron chi connectivity index (χ3n) is 13.1. The molecule has 1 aliphatic rings. The number of unbranched alkanes of at least 4 members (excludes halogenated alkanes) is 20. The van der Waals surface area contributed by atoms with Crippen molar-refractivity contribution < 1.29 is 58.2 Å². The number of hydrogen-bond acceptors (Lipinski definition) is 11. The average molecular weight is 1080 g/mol. The molecule has 77 heavy (non-hydrogen) atoms. The number of carboxylic acid groups (broad SMARTS) is 1. The van der Waals surface area contributed by atoms with Crippen molar-refractivity contribution in [1.82, 2.24) is 0 Å². The summed E-state index contributed by atoms with van der Waals surface area (Å²) in [7, 11) is 0. The van der Waals surface area contributed by atoms with Crippen LogP contribution in [0.15, 0.2) is 97.2 Å². The Morgan fingerprint density at radius 2 is 0.818 bits per heavy atom. The van der Waals surface area contributed by atoms with E-state index in [2.05, 4.69) is 118 Å². The van der Waals surface area contributed by atoms with Crippen LogP contribution < -0.4 is 0 Å². The van der Waals surface area contributed by atoms with Gasteiger partial charge in [-0.05, 0) is 103 Å². The second kappa shape index (κ2) is 52.3. The van der Waals surface area contributed by atoms with Crippen molar-refractivity contribution in [3.8, 4) is 0 Å². The Bertz CT molecular complexity index is 1710. The van der Waals surface area contributed by atoms with Crippen molar-refractivity contribution in [3.63, 3.8) is 0 Å². The highest BCUT2D eigenvalue weighted by Gasteiger charge is 2.50. The Labute approximate surface area is 466 Å². The van der Waals surface area contributed by atoms with E-state index in [1.54, 1.807) is 0 Å². The van der Waals surface area contributed by atoms with Crippen LogP contribution in [0.1, 0.15) is 239 Å². The van der Waals surface area contributed by atoms with Crippen LogP contribution in [-0.2, 0) is 42.9 Å². The van der Waals surface area contributed by atoms with Crippen LogP contribution in [0.5, 0.6) is 0 Å². The van der Waals surface area contributed by atoms with E-state index in [-0.39, 0.29) is 25.9 Å². The molecule has 6 atom stereocenters. The van der Waals surface area contributed by atoms with E-state index < -0.39 is 67.3 Å². The molecular formula is C65H106O12. The molecule has 0 aromatic rings. The van der Waals surface area contributed by atoms with Crippen molar-refractivity contribution >= 4 is 23.9 Å². The molecule has 0 amide bonds. The molecule has 12 nitrogen and oxygen atoms in total. The Morgan fingerprint density at radius 3 is 1.29 bits per heavy atom. The van der Waals surface area contributed by atoms with E-state index in [1.165, 1.54) is 51.4 Å². The van der Waals surface area contributed by atoms with Gasteiger partial charge in [0.2, 0.25) is 0 Å². The molecule has 3 N–H and O–H groups in total. The molecule has 1 aliphatic heterocycles. The highest BCUT2D eigenvalue weighted by atomic mass is 16.7. The zero-order valence-corrected chi connectivity index (χ0v) is 48.2. The number of aliphatic hydroxyl groups is 2. The summed E-state index contributed by atoms with van der Waals surface area (Å²) in [6, 6.07) is 0. The summed E-state index contributed by atoms with van der Waals surface area (Å²) in [5, 5.41) is 31.4. The molecule has 1 saturated heterocycles. The van der Waals surface area contributed by atoms with Gasteiger partial charge in [-0.2, -0.15) is 0 Å². The van der Waals surface area contributed by atoms with Crippen molar-refractivity contribution in [2.45, 2.75) is 276 Å². The second-order valence-electron chi connectivity index (χ2n) is 20.3. The second-order valence-corrected chi connectivity index (χ2v) is 20.3. The van der Waals surface area contributed by atoms with E-state index in [9.17, 15) is 34.5 Å². The summed E-state index contributed by atoms with van der Waals surface area (Å²) in [6.45, 7) is 5.78. The summed E-state index contributed by atoms with van der Waals surface area (Å²) in [5.41, 5.74) is 0. The fourth-order valence-corrected chi connectivity index (χ4v) is 8.52. The zero-order valence-electron chi connectivity index (χ0n) is 48.2. The molecule has 6 unspecified atom stereocenters. The highest BCUT2D eigenvalue weighted by molar-refractivity contribution is 5.74. The molecule has 1 rings (SSSR count). The number of esters is 3. The molecule has 0 aromatic heterocycles. The normalized spacial score (nSPS) is 18.7. The first kappa shape index (κ1) is 70.7. The third-order valence-corrected chi connectivity index (χ3v) is 13.1. The molecule has 0 bridgehead atoms. The largest absolute Gasteiger partial charge is 0.479 e. The van der Waals surface area contributed by atoms with Crippen molar-refractivity contribution in [2.75, 3.05) is 13.2 Å². The number of rotatable bonds is 50. The minimum Gasteiger partial charge on any atom is -0.479 e. The van der Waals surface area contributed by atoms with E-state index in [0.29, 0.717) is 19.3 Å². The Hall–Kier alpha value is -4.36. The van der Waals surface area contributed by atoms with Crippen molar-refractivity contribution in [2.24, 2.45) is 0 Å². The minimum atomic E-state index is -1.91. The van der Waals surface area contributed by atoms with Gasteiger partial charge in [-0.3, -0.25) is 14.4 Å². The van der Waals surface area contributed by atoms with Gasteiger partial charge in [0.1, 0.15) is 18.8 Å². The van der Waals surface area contributed by atoms with Gasteiger partial charge in [-0.15, -0.1) is 0 Å². The molecule has 1 fully saturated rings. The van der Waals surface area contributed by atoms with Crippen LogP contribution in [0.3, 0.4) is 0 Å². The fourth-order valence-electron chi connectivity index (χ4n) is 8.52. The van der Waals surface area contributed by atoms with Gasteiger partial charge in [-0.25, -0.2) is 4.79 Å². The molecule has 0 saturated carbocycles. The maximum absolute atomic E-state index is 13.2. The number of carboxylic acids is 1. The lowest BCUT2D eigenvalue weighted by Gasteiger charge is -2.40. The molecular weight excluding hydrogens is 973 g/mol. The first-order valence-electron chi connectivity index (χ1n) is 30.2. The fraction of sp³-hybridized carbons (Fsp3) is 0.692. The number of allylic oxidation sites excluding steroid dienone is 16. The third kappa shape index (κ3) is 42.3. The smallest absolute Gasteiger partial charge is 0.335 e. The highest BCUT2D eigenvalue weighted by Crippen LogP contribution is 2.26. The number of aliphatic hydroxyl groups excluding tert-OH is 2. The van der Waals surface area contributed by atoms with Gasteiger partial charge >= 0.3 is 23.9 Å². The van der Waals surface area contributed by atoms with Crippen LogP contribution in [0, 0.1) is 0 Å². The lowest BCUT2D eigenvalue weighted by Crippen LogP contribution is -2.61. The number of carbonyl (C=O) groups is 4. The molecule has 0 aliphatic carbocycles. The lowest BCUT2D eigenvalue weighted by molar-refractivity contribution is -0.301. The molecule has 12 heteroatoms. The standard InChI is InChI=1S/C65H106O12/c1-4-7-10-13-16-19-21-23-25-27-29-31-33-35-37-40-42-45-48-51-57(66)73-54-56(75-58(67)52-49-46-44-41-38-36-34-32-30-28-26-24-22-20-17-14-11-8-5-2)55-74-65-63(61(70)60(69)62(77-65)64(71)72)76-59(68)53-50-47-43-39-18-15-12-9-6-3/h7,10,16-17,19-20,23-26,29-32,35,37,56,60-63,65,69-70H,4-6,8-9,11-15,18,21-22,27-28,33-34,36,38-55H2,1-3H3,(H,71,72)/b10-7-,19-16-,20-17-,25-23-,26-24-,31-29-,32-30-,37-35-. The van der Waals surface area contributed by atoms with Crippen LogP contribution in [0.2, 0.25) is 0 Å². The maximum Gasteiger partial charge on any atom is 0.335 e. The topological polar surface area (TPSA) is 175 Å². The zero-order chi connectivity index (χ0) is 56.1. The molecule has 438 valence electrons. The van der Waals surface area contributed by atoms with Gasteiger partial charge in [0.05, 0.1) is 6.61 Å². The van der Waals surface area contributed by atoms with Gasteiger partial charge in [0.25, 0.3) is 0 Å². The van der Waals surface area contributed by atoms with E-state index in [0.717, 1.165) is 128 Å². The predicted molar refractivity (Wildman–Crippen MR) is 312 cm³/mol. The predicted octanol–water partition coefficient (Wildman–Crippen LogP) is 15.7. The summed E-state index contributed by atoms with van der Waals surface area (Å²) >= 11 is 0. The summed E-state index contributed by atoms with van der Waals surface area (Å²) in [4.78, 5) is 51.1. The first-order chi connectivity index (χ1) is 37.6. The maximum atomic E-state index is 13.2. The van der Waals surface area contributed by atoms with Gasteiger partial charge in [-0.1, -0.05) is 214 Å². The molecule has 0 aromatic carbocycles. The van der Waals surface area contributed by atoms with E-state index in [4.69, 9.17) is 23.7 Å². The monoisotopic (exact) mass is 1080 g/mol. The van der Waals surface area contributed by atoms with E-state index >= 15 is 0 Å². The Kier molecular flexibility index (Phi) is 48.0. The summed E-state index contributed by atoms with van der Waals surface area (Å²) in [5.74, 6) is -3.19. The van der Waals surface area contributed by atoms with Gasteiger partial charge < -0.3 is 39.0 Å². The molecule has 0 radical (unpaired) electrons. The number of ether oxygens (including phenoxy) is 5. The van der Waals surface area contributed by atoms with Gasteiger partial charge in [0, 0.05) is 19.3 Å². The van der Waals surface area contributed by atoms with Crippen LogP contribution in [-0.4, -0.2) is 89.2 Å². The first-order valence-corrected chi connectivity index (χ1v) is 30.2. The number of carbonyl (C=O) groups excluding carboxylic acids is 3. The number of hydrogen-bond donors (Lipinski definition) is 3. The van der Waals surface area contributed by atoms with Crippen LogP contribution >= 0.6 is 0 Å². The minimum absolute atomic E-state index is 0.0527. The van der Waals surface area contributed by atoms with Crippen LogP contribution in [0.25, 0.3) is 0 Å². The lowest BCUT2D eigenvalue weighted by atomic mass is 9.98. The van der Waals surface area contributed by atoms with Crippen molar-refractivity contribution in [3.05, 3.63) is 97.2 Å². The number of aliphatic carboxylic acids is 1. The summed E-state index contributed by atoms with van der Waals surface area (Å²) < 4.78 is 28.4.